The third kappa shape index (κ3) is 3.35. The molecule has 0 spiro atoms. The van der Waals surface area contributed by atoms with Crippen LogP contribution in [-0.2, 0) is 10.3 Å². The number of nitrogens with zero attached hydrogens (tertiary/aromatic N) is 3. The van der Waals surface area contributed by atoms with E-state index in [-0.39, 0.29) is 11.9 Å². The van der Waals surface area contributed by atoms with E-state index in [0.29, 0.717) is 11.4 Å². The Kier molecular flexibility index (Phi) is 4.85. The Bertz CT molecular complexity index is 880. The monoisotopic (exact) mass is 349 g/mol. The van der Waals surface area contributed by atoms with E-state index in [1.165, 1.54) is 11.5 Å². The summed E-state index contributed by atoms with van der Waals surface area (Å²) in [6, 6.07) is 11.7. The summed E-state index contributed by atoms with van der Waals surface area (Å²) in [5, 5.41) is 15.5. The minimum absolute atomic E-state index is 0.183. The maximum atomic E-state index is 11.2. The average Bonchev–Trinajstić information content (AvgIpc) is 2.58. The van der Waals surface area contributed by atoms with Gasteiger partial charge in [-0.15, -0.1) is 0 Å². The van der Waals surface area contributed by atoms with E-state index >= 15 is 0 Å². The van der Waals surface area contributed by atoms with Crippen molar-refractivity contribution in [2.45, 2.75) is 31.7 Å². The van der Waals surface area contributed by atoms with Crippen molar-refractivity contribution in [3.63, 3.8) is 0 Å². The van der Waals surface area contributed by atoms with Gasteiger partial charge in [0, 0.05) is 6.92 Å². The van der Waals surface area contributed by atoms with Gasteiger partial charge in [-0.2, -0.15) is 4.58 Å². The number of hydrogen-bond acceptors (Lipinski definition) is 3. The minimum Gasteiger partial charge on any atom is -0.325 e. The lowest BCUT2D eigenvalue weighted by Crippen LogP contribution is -2.49. The summed E-state index contributed by atoms with van der Waals surface area (Å²) < 4.78 is 1.54. The summed E-state index contributed by atoms with van der Waals surface area (Å²) in [6.45, 7) is 1.43. The molecule has 7 nitrogen and oxygen atoms in total. The second kappa shape index (κ2) is 7.23. The first kappa shape index (κ1) is 17.4. The van der Waals surface area contributed by atoms with Gasteiger partial charge in [0.25, 0.3) is 0 Å². The first-order valence-corrected chi connectivity index (χ1v) is 8.43. The zero-order chi connectivity index (χ0) is 18.6. The fraction of sp³-hybridized carbons (Fsp3) is 0.263. The number of amides is 1. The molecule has 0 bridgehead atoms. The second-order valence-corrected chi connectivity index (χ2v) is 6.34. The molecule has 26 heavy (non-hydrogen) atoms. The second-order valence-electron chi connectivity index (χ2n) is 6.34. The Morgan fingerprint density at radius 1 is 1.23 bits per heavy atom. The van der Waals surface area contributed by atoms with Gasteiger partial charge in [-0.3, -0.25) is 15.1 Å². The Balaban J connectivity index is 1.92. The Morgan fingerprint density at radius 3 is 2.42 bits per heavy atom. The van der Waals surface area contributed by atoms with Gasteiger partial charge < -0.3 is 11.1 Å². The smallest absolute Gasteiger partial charge is 0.325 e. The quantitative estimate of drug-likeness (QED) is 0.258. The highest BCUT2D eigenvalue weighted by molar-refractivity contribution is 5.92. The predicted octanol–water partition coefficient (Wildman–Crippen LogP) is 2.34. The zero-order valence-electron chi connectivity index (χ0n) is 14.6. The fourth-order valence-corrected chi connectivity index (χ4v) is 3.27. The molecule has 0 unspecified atom stereocenters. The van der Waals surface area contributed by atoms with Crippen LogP contribution in [0.15, 0.2) is 48.8 Å². The molecule has 0 radical (unpaired) electrons. The lowest BCUT2D eigenvalue weighted by Gasteiger charge is -2.40. The van der Waals surface area contributed by atoms with Crippen molar-refractivity contribution in [3.8, 4) is 6.19 Å². The van der Waals surface area contributed by atoms with E-state index in [1.54, 1.807) is 18.5 Å². The van der Waals surface area contributed by atoms with Crippen LogP contribution >= 0.6 is 0 Å². The number of aromatic nitrogens is 1. The van der Waals surface area contributed by atoms with Crippen LogP contribution in [0, 0.1) is 11.5 Å². The van der Waals surface area contributed by atoms with Crippen LogP contribution in [0.4, 0.5) is 11.4 Å². The summed E-state index contributed by atoms with van der Waals surface area (Å²) >= 11 is 0. The number of guanidine groups is 1. The van der Waals surface area contributed by atoms with Gasteiger partial charge in [0.2, 0.25) is 5.91 Å². The van der Waals surface area contributed by atoms with E-state index in [1.807, 2.05) is 30.3 Å². The van der Waals surface area contributed by atoms with Crippen molar-refractivity contribution in [1.29, 1.82) is 5.26 Å². The van der Waals surface area contributed by atoms with Crippen LogP contribution in [0.25, 0.3) is 0 Å². The van der Waals surface area contributed by atoms with Gasteiger partial charge in [-0.05, 0) is 36.2 Å². The molecule has 1 heterocycles. The molecule has 0 atom stereocenters. The van der Waals surface area contributed by atoms with E-state index in [0.717, 1.165) is 24.8 Å². The first-order chi connectivity index (χ1) is 12.5. The number of nitrogens with two attached hydrogens (primary N) is 1. The molecule has 0 aliphatic heterocycles. The molecule has 1 aromatic heterocycles. The van der Waals surface area contributed by atoms with Gasteiger partial charge >= 0.3 is 12.2 Å². The summed E-state index contributed by atoms with van der Waals surface area (Å²) in [4.78, 5) is 15.3. The molecule has 4 N–H and O–H groups in total. The molecule has 1 aliphatic carbocycles. The number of hydrogen-bond donors (Lipinski definition) is 3. The summed E-state index contributed by atoms with van der Waals surface area (Å²) in [5.74, 6) is 0.0508. The highest BCUT2D eigenvalue weighted by Crippen LogP contribution is 2.44. The molecule has 1 aromatic carbocycles. The maximum absolute atomic E-state index is 11.2. The Labute approximate surface area is 152 Å². The zero-order valence-corrected chi connectivity index (χ0v) is 14.6. The first-order valence-electron chi connectivity index (χ1n) is 8.43. The normalized spacial score (nSPS) is 15.8. The number of carbonyl (C=O) groups is 1. The highest BCUT2D eigenvalue weighted by Gasteiger charge is 2.46. The number of nitriles is 1. The van der Waals surface area contributed by atoms with Crippen molar-refractivity contribution < 1.29 is 9.37 Å². The van der Waals surface area contributed by atoms with Gasteiger partial charge in [0.05, 0.1) is 18.1 Å². The van der Waals surface area contributed by atoms with Crippen LogP contribution < -0.4 is 16.4 Å². The van der Waals surface area contributed by atoms with Crippen LogP contribution in [0.5, 0.6) is 0 Å². The van der Waals surface area contributed by atoms with Gasteiger partial charge in [-0.25, -0.2) is 0 Å². The van der Waals surface area contributed by atoms with Crippen LogP contribution in [0.1, 0.15) is 31.7 Å². The Morgan fingerprint density at radius 2 is 1.88 bits per heavy atom. The third-order valence-electron chi connectivity index (χ3n) is 4.59. The molecule has 1 aliphatic rings. The van der Waals surface area contributed by atoms with Crippen molar-refractivity contribution in [1.82, 2.24) is 4.98 Å². The number of rotatable bonds is 4. The largest absolute Gasteiger partial charge is 0.327 e. The summed E-state index contributed by atoms with van der Waals surface area (Å²) in [5.41, 5.74) is 8.04. The number of nitrogens with one attached hydrogen (secondary N) is 2. The lowest BCUT2D eigenvalue weighted by atomic mass is 9.71. The molecule has 7 heteroatoms. The standard InChI is InChI=1S/C19H20N6O/c1-14(26)23-16-10-17(12-22-11-16)24-18(21)25(13-20)19(8-5-9-19)15-6-3-2-4-7-15/h2-4,6-7,10-12H,5,8-9H2,1H3,(H3,21,23,24,26)/p+1. The average molecular weight is 349 g/mol. The van der Waals surface area contributed by atoms with Gasteiger partial charge in [0.1, 0.15) is 11.2 Å². The fourth-order valence-electron chi connectivity index (χ4n) is 3.27. The number of pyridine rings is 1. The van der Waals surface area contributed by atoms with E-state index in [4.69, 9.17) is 5.73 Å². The van der Waals surface area contributed by atoms with Crippen LogP contribution in [0.2, 0.25) is 0 Å². The van der Waals surface area contributed by atoms with Gasteiger partial charge in [0.15, 0.2) is 0 Å². The highest BCUT2D eigenvalue weighted by atomic mass is 16.1. The number of anilines is 2. The number of carbonyl (C=O) groups excluding carboxylic acids is 1. The van der Waals surface area contributed by atoms with Crippen molar-refractivity contribution in [2.75, 3.05) is 10.6 Å². The van der Waals surface area contributed by atoms with Crippen molar-refractivity contribution >= 4 is 23.2 Å². The molecular weight excluding hydrogens is 328 g/mol. The van der Waals surface area contributed by atoms with Crippen LogP contribution in [-0.4, -0.2) is 21.4 Å². The minimum atomic E-state index is -0.421. The third-order valence-corrected chi connectivity index (χ3v) is 4.59. The summed E-state index contributed by atoms with van der Waals surface area (Å²) in [6.07, 6.45) is 8.12. The molecule has 2 aromatic rings. The topological polar surface area (TPSA) is 107 Å². The lowest BCUT2D eigenvalue weighted by molar-refractivity contribution is -0.562. The molecule has 1 fully saturated rings. The molecule has 1 amide bonds. The molecular formula is C19H21N6O+. The molecule has 3 rings (SSSR count). The van der Waals surface area contributed by atoms with E-state index in [9.17, 15) is 10.1 Å². The molecule has 132 valence electrons. The maximum Gasteiger partial charge on any atom is 0.327 e. The van der Waals surface area contributed by atoms with Crippen molar-refractivity contribution in [3.05, 3.63) is 54.4 Å². The van der Waals surface area contributed by atoms with E-state index < -0.39 is 5.54 Å². The molecule has 0 saturated heterocycles. The van der Waals surface area contributed by atoms with Gasteiger partial charge in [-0.1, -0.05) is 30.3 Å². The number of benzene rings is 1. The predicted molar refractivity (Wildman–Crippen MR) is 99.2 cm³/mol. The SMILES string of the molecule is CC(=O)Nc1cncc(NC(N)=[N+](C#N)C2(c3ccccc3)CCC2)c1. The Hall–Kier alpha value is -3.40. The van der Waals surface area contributed by atoms with E-state index in [2.05, 4.69) is 21.8 Å². The summed E-state index contributed by atoms with van der Waals surface area (Å²) in [7, 11) is 0. The van der Waals surface area contributed by atoms with Crippen molar-refractivity contribution in [2.24, 2.45) is 5.73 Å². The molecule has 1 saturated carbocycles. The van der Waals surface area contributed by atoms with Crippen LogP contribution in [0.3, 0.4) is 0 Å².